The quantitative estimate of drug-likeness (QED) is 0.339. The van der Waals surface area contributed by atoms with E-state index >= 15 is 0 Å². The number of aryl methyl sites for hydroxylation is 1. The smallest absolute Gasteiger partial charge is 0.416 e. The number of amides is 1. The zero-order valence-electron chi connectivity index (χ0n) is 19.0. The number of carbonyl (C=O) groups is 1. The highest BCUT2D eigenvalue weighted by Gasteiger charge is 2.31. The molecule has 13 heteroatoms. The second kappa shape index (κ2) is 9.53. The minimum absolute atomic E-state index is 0.0873. The van der Waals surface area contributed by atoms with Gasteiger partial charge in [0.1, 0.15) is 5.52 Å². The summed E-state index contributed by atoms with van der Waals surface area (Å²) in [6.45, 7) is 7.82. The number of hydrogen-bond acceptors (Lipinski definition) is 6. The topological polar surface area (TPSA) is 117 Å². The maximum atomic E-state index is 13.2. The van der Waals surface area contributed by atoms with Gasteiger partial charge in [0.25, 0.3) is 0 Å². The lowest BCUT2D eigenvalue weighted by atomic mass is 10.1. The summed E-state index contributed by atoms with van der Waals surface area (Å²) < 4.78 is 41.4. The largest absolute Gasteiger partial charge is 0.465 e. The van der Waals surface area contributed by atoms with Gasteiger partial charge in [-0.1, -0.05) is 11.6 Å². The Morgan fingerprint density at radius 2 is 1.91 bits per heavy atom. The van der Waals surface area contributed by atoms with E-state index in [4.69, 9.17) is 16.7 Å². The number of aromatic nitrogens is 4. The van der Waals surface area contributed by atoms with Gasteiger partial charge in [-0.05, 0) is 52.3 Å². The van der Waals surface area contributed by atoms with E-state index in [1.54, 1.807) is 11.5 Å². The van der Waals surface area contributed by atoms with Crippen LogP contribution in [0.25, 0.3) is 11.2 Å². The van der Waals surface area contributed by atoms with E-state index in [-0.39, 0.29) is 34.8 Å². The van der Waals surface area contributed by atoms with Gasteiger partial charge in [0.15, 0.2) is 5.65 Å². The van der Waals surface area contributed by atoms with Crippen molar-refractivity contribution in [1.29, 1.82) is 0 Å². The fourth-order valence-electron chi connectivity index (χ4n) is 3.18. The molecule has 2 aromatic heterocycles. The van der Waals surface area contributed by atoms with Crippen molar-refractivity contribution in [3.05, 3.63) is 35.0 Å². The molecule has 1 aromatic carbocycles. The third kappa shape index (κ3) is 6.62. The van der Waals surface area contributed by atoms with Crippen molar-refractivity contribution in [1.82, 2.24) is 24.8 Å². The highest BCUT2D eigenvalue weighted by Crippen LogP contribution is 2.34. The number of benzene rings is 1. The van der Waals surface area contributed by atoms with Gasteiger partial charge in [-0.2, -0.15) is 18.2 Å². The summed E-state index contributed by atoms with van der Waals surface area (Å²) in [4.78, 5) is 24.2. The van der Waals surface area contributed by atoms with Gasteiger partial charge in [0.05, 0.1) is 11.8 Å². The van der Waals surface area contributed by atoms with Gasteiger partial charge in [0, 0.05) is 28.8 Å². The Morgan fingerprint density at radius 3 is 2.53 bits per heavy atom. The van der Waals surface area contributed by atoms with Crippen molar-refractivity contribution >= 4 is 46.4 Å². The Morgan fingerprint density at radius 1 is 1.21 bits per heavy atom. The van der Waals surface area contributed by atoms with E-state index in [1.165, 1.54) is 12.3 Å². The second-order valence-corrected chi connectivity index (χ2v) is 9.29. The predicted molar refractivity (Wildman–Crippen MR) is 124 cm³/mol. The van der Waals surface area contributed by atoms with E-state index in [0.29, 0.717) is 23.5 Å². The molecule has 184 valence electrons. The third-order valence-corrected chi connectivity index (χ3v) is 4.83. The summed E-state index contributed by atoms with van der Waals surface area (Å²) in [5.74, 6) is 0.571. The van der Waals surface area contributed by atoms with Gasteiger partial charge in [0.2, 0.25) is 11.9 Å². The lowest BCUT2D eigenvalue weighted by molar-refractivity contribution is -0.137. The first-order valence-electron chi connectivity index (χ1n) is 10.4. The summed E-state index contributed by atoms with van der Waals surface area (Å²) >= 11 is 5.91. The van der Waals surface area contributed by atoms with Gasteiger partial charge in [-0.25, -0.2) is 14.8 Å². The first-order valence-corrected chi connectivity index (χ1v) is 10.7. The molecule has 3 rings (SSSR count). The molecule has 0 bridgehead atoms. The van der Waals surface area contributed by atoms with Crippen molar-refractivity contribution in [3.8, 4) is 0 Å². The highest BCUT2D eigenvalue weighted by molar-refractivity contribution is 6.31. The van der Waals surface area contributed by atoms with Crippen LogP contribution in [-0.4, -0.2) is 42.3 Å². The molecule has 0 spiro atoms. The van der Waals surface area contributed by atoms with Crippen LogP contribution in [0.4, 0.5) is 35.5 Å². The van der Waals surface area contributed by atoms with Crippen molar-refractivity contribution in [2.75, 3.05) is 10.6 Å². The van der Waals surface area contributed by atoms with Crippen LogP contribution in [-0.2, 0) is 12.7 Å². The van der Waals surface area contributed by atoms with Crippen LogP contribution in [0.3, 0.4) is 0 Å². The normalized spacial score (nSPS) is 13.1. The number of fused-ring (bicyclic) bond motifs is 1. The van der Waals surface area contributed by atoms with Gasteiger partial charge in [-0.15, -0.1) is 0 Å². The molecule has 0 fully saturated rings. The van der Waals surface area contributed by atoms with E-state index in [9.17, 15) is 18.0 Å². The molecule has 1 atom stereocenters. The monoisotopic (exact) mass is 499 g/mol. The molecule has 0 aliphatic heterocycles. The standard InChI is InChI=1S/C21H25ClF3N7O2/c1-11(27-19(33)34)5-6-32-16-15(10-26-17(30-16)31-20(2,3)4)29-18(32)28-14-8-12(21(23,24)25)7-13(22)9-14/h7-11,27H,5-6H2,1-4H3,(H,28,29)(H,33,34)(H,26,30,31). The second-order valence-electron chi connectivity index (χ2n) is 8.86. The van der Waals surface area contributed by atoms with Crippen LogP contribution < -0.4 is 16.0 Å². The maximum absolute atomic E-state index is 13.2. The van der Waals surface area contributed by atoms with Crippen molar-refractivity contribution in [2.24, 2.45) is 0 Å². The molecular formula is C21H25ClF3N7O2. The Kier molecular flexibility index (Phi) is 7.10. The van der Waals surface area contributed by atoms with E-state index in [0.717, 1.165) is 12.1 Å². The summed E-state index contributed by atoms with van der Waals surface area (Å²) in [7, 11) is 0. The number of rotatable bonds is 7. The lowest BCUT2D eigenvalue weighted by Gasteiger charge is -2.20. The van der Waals surface area contributed by atoms with Crippen LogP contribution in [0.5, 0.6) is 0 Å². The Hall–Kier alpha value is -3.28. The van der Waals surface area contributed by atoms with Crippen molar-refractivity contribution in [3.63, 3.8) is 0 Å². The molecule has 0 saturated carbocycles. The minimum Gasteiger partial charge on any atom is -0.465 e. The maximum Gasteiger partial charge on any atom is 0.416 e. The third-order valence-electron chi connectivity index (χ3n) is 4.61. The molecule has 0 aliphatic carbocycles. The van der Waals surface area contributed by atoms with Crippen LogP contribution in [0.2, 0.25) is 5.02 Å². The zero-order valence-corrected chi connectivity index (χ0v) is 19.7. The number of alkyl halides is 3. The Labute approximate surface area is 198 Å². The van der Waals surface area contributed by atoms with Gasteiger partial charge < -0.3 is 21.1 Å². The van der Waals surface area contributed by atoms with E-state index < -0.39 is 17.8 Å². The Balaban J connectivity index is 2.02. The molecule has 34 heavy (non-hydrogen) atoms. The SMILES string of the molecule is CC(CCn1c(Nc2cc(Cl)cc(C(F)(F)F)c2)nc2cnc(NC(C)(C)C)nc21)NC(=O)O. The molecule has 1 unspecified atom stereocenters. The van der Waals surface area contributed by atoms with E-state index in [2.05, 4.69) is 30.9 Å². The first kappa shape index (κ1) is 25.3. The summed E-state index contributed by atoms with van der Waals surface area (Å²) in [5.41, 5.74) is -0.271. The number of anilines is 3. The average Bonchev–Trinajstić information content (AvgIpc) is 2.99. The van der Waals surface area contributed by atoms with Crippen molar-refractivity contribution < 1.29 is 23.1 Å². The molecule has 0 aliphatic rings. The molecule has 9 nitrogen and oxygen atoms in total. The number of nitrogens with one attached hydrogen (secondary N) is 3. The van der Waals surface area contributed by atoms with Crippen LogP contribution >= 0.6 is 11.6 Å². The molecule has 0 saturated heterocycles. The first-order chi connectivity index (χ1) is 15.7. The lowest BCUT2D eigenvalue weighted by Crippen LogP contribution is -2.32. The number of halogens is 4. The number of nitrogens with zero attached hydrogens (tertiary/aromatic N) is 4. The molecular weight excluding hydrogens is 475 g/mol. The molecule has 3 aromatic rings. The zero-order chi connectivity index (χ0) is 25.3. The molecule has 4 N–H and O–H groups in total. The van der Waals surface area contributed by atoms with Crippen molar-refractivity contribution in [2.45, 2.75) is 58.4 Å². The summed E-state index contributed by atoms with van der Waals surface area (Å²) in [6, 6.07) is 2.74. The van der Waals surface area contributed by atoms with Crippen LogP contribution in [0.1, 0.15) is 39.7 Å². The fraction of sp³-hybridized carbons (Fsp3) is 0.429. The highest BCUT2D eigenvalue weighted by atomic mass is 35.5. The van der Waals surface area contributed by atoms with Gasteiger partial charge in [-0.3, -0.25) is 4.57 Å². The molecule has 1 amide bonds. The number of hydrogen-bond donors (Lipinski definition) is 4. The number of imidazole rings is 1. The van der Waals surface area contributed by atoms with Gasteiger partial charge >= 0.3 is 12.3 Å². The van der Waals surface area contributed by atoms with Crippen LogP contribution in [0, 0.1) is 0 Å². The minimum atomic E-state index is -4.57. The summed E-state index contributed by atoms with van der Waals surface area (Å²) in [5, 5.41) is 17.3. The molecule has 2 heterocycles. The van der Waals surface area contributed by atoms with E-state index in [1.807, 2.05) is 20.8 Å². The Bertz CT molecular complexity index is 1190. The molecule has 0 radical (unpaired) electrons. The fourth-order valence-corrected chi connectivity index (χ4v) is 3.42. The summed E-state index contributed by atoms with van der Waals surface area (Å²) in [6.07, 6.45) is -3.84. The number of carboxylic acid groups (broad SMARTS) is 1. The predicted octanol–water partition coefficient (Wildman–Crippen LogP) is 5.50. The average molecular weight is 500 g/mol. The van der Waals surface area contributed by atoms with Crippen LogP contribution in [0.15, 0.2) is 24.4 Å².